The predicted octanol–water partition coefficient (Wildman–Crippen LogP) is 5.48. The molecule has 1 N–H and O–H groups in total. The Labute approximate surface area is 233 Å². The van der Waals surface area contributed by atoms with Crippen molar-refractivity contribution in [2.75, 3.05) is 42.2 Å². The van der Waals surface area contributed by atoms with Crippen LogP contribution in [0.5, 0.6) is 5.88 Å². The molecular weight excluding hydrogens is 640 g/mol. The summed E-state index contributed by atoms with van der Waals surface area (Å²) in [7, 11) is -1.81. The molecule has 1 aromatic heterocycles. The van der Waals surface area contributed by atoms with Gasteiger partial charge in [0.25, 0.3) is 5.91 Å². The summed E-state index contributed by atoms with van der Waals surface area (Å²) in [6, 6.07) is 11.9. The standard InChI is InChI=1S/C24H22Cl2IN3O5S/c1-34-6-7-35-22-4-3-15(14-28-22)16-9-17(25)11-18(10-16)29-24(31)20-12-19(13-21(27)23(20)26)30-5-2-8-36(30,32)33/h3-4,9-14H,2,5-8H2,1H3,(H,29,31). The van der Waals surface area contributed by atoms with Gasteiger partial charge < -0.3 is 14.8 Å². The lowest BCUT2D eigenvalue weighted by atomic mass is 10.1. The second-order valence-electron chi connectivity index (χ2n) is 7.94. The number of ether oxygens (including phenoxy) is 2. The van der Waals surface area contributed by atoms with Gasteiger partial charge in [0.05, 0.1) is 28.6 Å². The van der Waals surface area contributed by atoms with E-state index in [1.165, 1.54) is 10.4 Å². The maximum absolute atomic E-state index is 13.2. The van der Waals surface area contributed by atoms with Crippen molar-refractivity contribution in [3.8, 4) is 17.0 Å². The van der Waals surface area contributed by atoms with Gasteiger partial charge in [-0.15, -0.1) is 0 Å². The zero-order chi connectivity index (χ0) is 25.9. The highest BCUT2D eigenvalue weighted by Crippen LogP contribution is 2.33. The monoisotopic (exact) mass is 661 g/mol. The van der Waals surface area contributed by atoms with Gasteiger partial charge in [-0.1, -0.05) is 23.2 Å². The quantitative estimate of drug-likeness (QED) is 0.254. The van der Waals surface area contributed by atoms with Crippen LogP contribution in [0.25, 0.3) is 11.1 Å². The molecule has 0 spiro atoms. The number of nitrogens with zero attached hydrogens (tertiary/aromatic N) is 2. The van der Waals surface area contributed by atoms with E-state index in [1.807, 2.05) is 28.7 Å². The number of carbonyl (C=O) groups is 1. The van der Waals surface area contributed by atoms with E-state index < -0.39 is 15.9 Å². The van der Waals surface area contributed by atoms with E-state index in [4.69, 9.17) is 32.7 Å². The molecule has 1 amide bonds. The number of rotatable bonds is 8. The highest BCUT2D eigenvalue weighted by atomic mass is 127. The van der Waals surface area contributed by atoms with E-state index in [1.54, 1.807) is 43.6 Å². The van der Waals surface area contributed by atoms with Crippen molar-refractivity contribution in [2.45, 2.75) is 6.42 Å². The second-order valence-corrected chi connectivity index (χ2v) is 11.9. The number of anilines is 2. The number of methoxy groups -OCH3 is 1. The lowest BCUT2D eigenvalue weighted by Gasteiger charge is -2.19. The van der Waals surface area contributed by atoms with Gasteiger partial charge in [0.2, 0.25) is 15.9 Å². The first kappa shape index (κ1) is 26.9. The average Bonchev–Trinajstić information content (AvgIpc) is 3.19. The Balaban J connectivity index is 1.57. The molecule has 190 valence electrons. The van der Waals surface area contributed by atoms with Gasteiger partial charge in [-0.3, -0.25) is 9.10 Å². The molecule has 0 saturated carbocycles. The smallest absolute Gasteiger partial charge is 0.257 e. The number of hydrogen-bond donors (Lipinski definition) is 1. The van der Waals surface area contributed by atoms with Crippen molar-refractivity contribution >= 4 is 73.1 Å². The third kappa shape index (κ3) is 6.23. The van der Waals surface area contributed by atoms with Crippen LogP contribution >= 0.6 is 45.8 Å². The summed E-state index contributed by atoms with van der Waals surface area (Å²) in [5, 5.41) is 3.48. The number of halogens is 3. The Kier molecular flexibility index (Phi) is 8.61. The first-order valence-corrected chi connectivity index (χ1v) is 14.3. The third-order valence-electron chi connectivity index (χ3n) is 5.41. The molecule has 36 heavy (non-hydrogen) atoms. The van der Waals surface area contributed by atoms with Crippen molar-refractivity contribution < 1.29 is 22.7 Å². The van der Waals surface area contributed by atoms with E-state index in [-0.39, 0.29) is 16.3 Å². The minimum absolute atomic E-state index is 0.0775. The molecule has 1 fully saturated rings. The highest BCUT2D eigenvalue weighted by Gasteiger charge is 2.30. The largest absolute Gasteiger partial charge is 0.475 e. The summed E-state index contributed by atoms with van der Waals surface area (Å²) in [6.07, 6.45) is 2.18. The molecule has 8 nitrogen and oxygen atoms in total. The van der Waals surface area contributed by atoms with Crippen LogP contribution in [-0.4, -0.2) is 51.9 Å². The summed E-state index contributed by atoms with van der Waals surface area (Å²) in [5.74, 6) is 0.0637. The molecule has 4 rings (SSSR count). The molecule has 1 saturated heterocycles. The molecule has 0 aliphatic carbocycles. The number of hydrogen-bond acceptors (Lipinski definition) is 6. The average molecular weight is 662 g/mol. The molecule has 3 aromatic rings. The number of nitrogens with one attached hydrogen (secondary N) is 1. The Hall–Kier alpha value is -2.12. The van der Waals surface area contributed by atoms with Crippen LogP contribution in [0.3, 0.4) is 0 Å². The molecule has 0 unspecified atom stereocenters. The minimum Gasteiger partial charge on any atom is -0.475 e. The van der Waals surface area contributed by atoms with Crippen molar-refractivity contribution in [2.24, 2.45) is 0 Å². The Morgan fingerprint density at radius 1 is 1.14 bits per heavy atom. The molecule has 12 heteroatoms. The van der Waals surface area contributed by atoms with Crippen molar-refractivity contribution in [1.29, 1.82) is 0 Å². The fourth-order valence-electron chi connectivity index (χ4n) is 3.71. The highest BCUT2D eigenvalue weighted by molar-refractivity contribution is 14.1. The summed E-state index contributed by atoms with van der Waals surface area (Å²) < 4.78 is 37.1. The van der Waals surface area contributed by atoms with E-state index in [0.717, 1.165) is 11.1 Å². The number of carbonyl (C=O) groups excluding carboxylic acids is 1. The Bertz CT molecular complexity index is 1390. The zero-order valence-corrected chi connectivity index (χ0v) is 23.6. The normalized spacial score (nSPS) is 14.6. The zero-order valence-electron chi connectivity index (χ0n) is 19.1. The lowest BCUT2D eigenvalue weighted by Crippen LogP contribution is -2.26. The van der Waals surface area contributed by atoms with Crippen LogP contribution in [0.4, 0.5) is 11.4 Å². The van der Waals surface area contributed by atoms with E-state index in [0.29, 0.717) is 52.0 Å². The van der Waals surface area contributed by atoms with Crippen LogP contribution in [-0.2, 0) is 14.8 Å². The van der Waals surface area contributed by atoms with Crippen molar-refractivity contribution in [3.05, 3.63) is 67.8 Å². The topological polar surface area (TPSA) is 97.8 Å². The Morgan fingerprint density at radius 2 is 1.94 bits per heavy atom. The maximum atomic E-state index is 13.2. The third-order valence-corrected chi connectivity index (χ3v) is 9.07. The van der Waals surface area contributed by atoms with Gasteiger partial charge in [0, 0.05) is 45.8 Å². The number of aromatic nitrogens is 1. The second kappa shape index (κ2) is 11.5. The first-order valence-electron chi connectivity index (χ1n) is 10.9. The molecule has 1 aliphatic heterocycles. The van der Waals surface area contributed by atoms with Crippen molar-refractivity contribution in [1.82, 2.24) is 4.98 Å². The van der Waals surface area contributed by atoms with Crippen molar-refractivity contribution in [3.63, 3.8) is 0 Å². The maximum Gasteiger partial charge on any atom is 0.257 e. The van der Waals surface area contributed by atoms with Crippen LogP contribution in [0, 0.1) is 3.57 Å². The molecule has 1 aliphatic rings. The van der Waals surface area contributed by atoms with Gasteiger partial charge in [-0.2, -0.15) is 0 Å². The summed E-state index contributed by atoms with van der Waals surface area (Å²) in [6.45, 7) is 1.21. The minimum atomic E-state index is -3.41. The summed E-state index contributed by atoms with van der Waals surface area (Å²) in [4.78, 5) is 17.5. The molecule has 0 bridgehead atoms. The number of benzene rings is 2. The van der Waals surface area contributed by atoms with Gasteiger partial charge in [-0.05, 0) is 71.0 Å². The first-order chi connectivity index (χ1) is 17.2. The number of pyridine rings is 1. The SMILES string of the molecule is COCCOc1ccc(-c2cc(Cl)cc(NC(=O)c3cc(N4CCCS4(=O)=O)cc(I)c3Cl)c2)cn1. The van der Waals surface area contributed by atoms with Gasteiger partial charge in [-0.25, -0.2) is 13.4 Å². The molecule has 2 aromatic carbocycles. The van der Waals surface area contributed by atoms with Crippen LogP contribution in [0.2, 0.25) is 10.0 Å². The van der Waals surface area contributed by atoms with E-state index in [2.05, 4.69) is 10.3 Å². The van der Waals surface area contributed by atoms with Gasteiger partial charge >= 0.3 is 0 Å². The number of amides is 1. The van der Waals surface area contributed by atoms with Crippen LogP contribution in [0.1, 0.15) is 16.8 Å². The molecular formula is C24H22Cl2IN3O5S. The Morgan fingerprint density at radius 3 is 2.61 bits per heavy atom. The molecule has 0 radical (unpaired) electrons. The lowest BCUT2D eigenvalue weighted by molar-refractivity contribution is 0.102. The molecule has 0 atom stereocenters. The van der Waals surface area contributed by atoms with Crippen LogP contribution < -0.4 is 14.4 Å². The van der Waals surface area contributed by atoms with E-state index >= 15 is 0 Å². The summed E-state index contributed by atoms with van der Waals surface area (Å²) >= 11 is 14.8. The van der Waals surface area contributed by atoms with E-state index in [9.17, 15) is 13.2 Å². The summed E-state index contributed by atoms with van der Waals surface area (Å²) in [5.41, 5.74) is 2.55. The van der Waals surface area contributed by atoms with Gasteiger partial charge in [0.1, 0.15) is 6.61 Å². The molecule has 2 heterocycles. The van der Waals surface area contributed by atoms with Crippen LogP contribution in [0.15, 0.2) is 48.7 Å². The predicted molar refractivity (Wildman–Crippen MR) is 150 cm³/mol. The number of sulfonamides is 1. The fourth-order valence-corrected chi connectivity index (χ4v) is 6.29. The fraction of sp³-hybridized carbons (Fsp3) is 0.250. The van der Waals surface area contributed by atoms with Gasteiger partial charge in [0.15, 0.2) is 0 Å².